The normalized spacial score (nSPS) is 10.6. The van der Waals surface area contributed by atoms with Crippen molar-refractivity contribution in [3.63, 3.8) is 0 Å². The molecular weight excluding hydrogens is 232 g/mol. The lowest BCUT2D eigenvalue weighted by Gasteiger charge is -2.09. The third kappa shape index (κ3) is 2.43. The number of nitrogens with one attached hydrogen (secondary N) is 1. The van der Waals surface area contributed by atoms with E-state index in [9.17, 15) is 0 Å². The number of aryl methyl sites for hydroxylation is 2. The zero-order valence-corrected chi connectivity index (χ0v) is 11.1. The second-order valence-corrected chi connectivity index (χ2v) is 4.80. The summed E-state index contributed by atoms with van der Waals surface area (Å²) in [7, 11) is 0. The van der Waals surface area contributed by atoms with E-state index in [1.54, 1.807) is 0 Å². The highest BCUT2D eigenvalue weighted by Crippen LogP contribution is 2.24. The van der Waals surface area contributed by atoms with Crippen LogP contribution in [-0.2, 0) is 0 Å². The van der Waals surface area contributed by atoms with E-state index in [2.05, 4.69) is 53.6 Å². The second-order valence-electron chi connectivity index (χ2n) is 4.80. The number of rotatable bonds is 2. The quantitative estimate of drug-likeness (QED) is 0.717. The molecule has 1 N–H and O–H groups in total. The van der Waals surface area contributed by atoms with Crippen LogP contribution in [0.3, 0.4) is 0 Å². The van der Waals surface area contributed by atoms with Gasteiger partial charge in [0.1, 0.15) is 0 Å². The Balaban J connectivity index is 2.02. The van der Waals surface area contributed by atoms with Gasteiger partial charge in [-0.25, -0.2) is 0 Å². The molecule has 0 saturated heterocycles. The van der Waals surface area contributed by atoms with Crippen molar-refractivity contribution in [3.8, 4) is 0 Å². The molecule has 1 heterocycles. The van der Waals surface area contributed by atoms with Crippen LogP contribution in [0.1, 0.15) is 11.3 Å². The van der Waals surface area contributed by atoms with Gasteiger partial charge in [0, 0.05) is 22.5 Å². The summed E-state index contributed by atoms with van der Waals surface area (Å²) < 4.78 is 0. The Hall–Kier alpha value is -2.35. The molecule has 0 radical (unpaired) electrons. The van der Waals surface area contributed by atoms with E-state index >= 15 is 0 Å². The molecule has 0 aliphatic rings. The number of anilines is 2. The van der Waals surface area contributed by atoms with Crippen LogP contribution in [0.2, 0.25) is 0 Å². The first-order valence-corrected chi connectivity index (χ1v) is 6.42. The first-order chi connectivity index (χ1) is 9.22. The smallest absolute Gasteiger partial charge is 0.0709 e. The van der Waals surface area contributed by atoms with Crippen molar-refractivity contribution in [2.75, 3.05) is 5.32 Å². The lowest BCUT2D eigenvalue weighted by Crippen LogP contribution is -1.92. The molecule has 3 rings (SSSR count). The van der Waals surface area contributed by atoms with E-state index in [1.165, 1.54) is 10.9 Å². The molecule has 0 saturated carbocycles. The number of para-hydroxylation sites is 1. The van der Waals surface area contributed by atoms with Crippen LogP contribution in [0.25, 0.3) is 10.9 Å². The minimum atomic E-state index is 1.05. The summed E-state index contributed by atoms with van der Waals surface area (Å²) in [6.07, 6.45) is 0. The van der Waals surface area contributed by atoms with Crippen LogP contribution >= 0.6 is 0 Å². The number of benzene rings is 2. The van der Waals surface area contributed by atoms with Gasteiger partial charge >= 0.3 is 0 Å². The Morgan fingerprint density at radius 1 is 0.842 bits per heavy atom. The minimum Gasteiger partial charge on any atom is -0.356 e. The minimum absolute atomic E-state index is 1.05. The zero-order valence-electron chi connectivity index (χ0n) is 11.1. The Morgan fingerprint density at radius 3 is 2.42 bits per heavy atom. The van der Waals surface area contributed by atoms with Crippen LogP contribution in [0.4, 0.5) is 11.4 Å². The van der Waals surface area contributed by atoms with Gasteiger partial charge in [-0.05, 0) is 55.8 Å². The monoisotopic (exact) mass is 248 g/mol. The lowest BCUT2D eigenvalue weighted by atomic mass is 10.1. The Labute approximate surface area is 113 Å². The Kier molecular flexibility index (Phi) is 2.92. The number of aromatic nitrogens is 1. The highest BCUT2D eigenvalue weighted by molar-refractivity contribution is 5.86. The molecule has 0 aliphatic carbocycles. The van der Waals surface area contributed by atoms with Crippen LogP contribution in [0.5, 0.6) is 0 Å². The molecule has 2 nitrogen and oxygen atoms in total. The van der Waals surface area contributed by atoms with Crippen molar-refractivity contribution in [2.24, 2.45) is 0 Å². The van der Waals surface area contributed by atoms with Gasteiger partial charge in [-0.3, -0.25) is 4.98 Å². The summed E-state index contributed by atoms with van der Waals surface area (Å²) in [4.78, 5) is 4.56. The summed E-state index contributed by atoms with van der Waals surface area (Å²) in [5, 5.41) is 4.61. The van der Waals surface area contributed by atoms with E-state index in [1.807, 2.05) is 25.1 Å². The van der Waals surface area contributed by atoms with E-state index in [0.717, 1.165) is 22.6 Å². The molecule has 19 heavy (non-hydrogen) atoms. The van der Waals surface area contributed by atoms with Gasteiger partial charge in [0.05, 0.1) is 5.52 Å². The fourth-order valence-corrected chi connectivity index (χ4v) is 2.33. The number of hydrogen-bond donors (Lipinski definition) is 1. The molecule has 0 unspecified atom stereocenters. The first-order valence-electron chi connectivity index (χ1n) is 6.42. The summed E-state index contributed by atoms with van der Waals surface area (Å²) >= 11 is 0. The fraction of sp³-hybridized carbons (Fsp3) is 0.118. The molecule has 0 spiro atoms. The number of nitrogens with zero attached hydrogens (tertiary/aromatic N) is 1. The van der Waals surface area contributed by atoms with Crippen molar-refractivity contribution >= 4 is 22.3 Å². The molecule has 0 fully saturated rings. The largest absolute Gasteiger partial charge is 0.356 e. The number of pyridine rings is 1. The van der Waals surface area contributed by atoms with Gasteiger partial charge in [-0.15, -0.1) is 0 Å². The van der Waals surface area contributed by atoms with E-state index < -0.39 is 0 Å². The average molecular weight is 248 g/mol. The second kappa shape index (κ2) is 4.73. The van der Waals surface area contributed by atoms with Crippen molar-refractivity contribution in [1.29, 1.82) is 0 Å². The number of hydrogen-bond acceptors (Lipinski definition) is 2. The topological polar surface area (TPSA) is 24.9 Å². The van der Waals surface area contributed by atoms with Gasteiger partial charge in [0.15, 0.2) is 0 Å². The molecule has 3 aromatic rings. The molecule has 2 aromatic carbocycles. The summed E-state index contributed by atoms with van der Waals surface area (Å²) in [5.74, 6) is 0. The van der Waals surface area contributed by atoms with Gasteiger partial charge in [0.25, 0.3) is 0 Å². The van der Waals surface area contributed by atoms with E-state index in [4.69, 9.17) is 0 Å². The zero-order chi connectivity index (χ0) is 13.2. The average Bonchev–Trinajstić information content (AvgIpc) is 2.40. The highest BCUT2D eigenvalue weighted by atomic mass is 14.9. The van der Waals surface area contributed by atoms with Crippen molar-refractivity contribution in [1.82, 2.24) is 4.98 Å². The van der Waals surface area contributed by atoms with E-state index in [-0.39, 0.29) is 0 Å². The summed E-state index contributed by atoms with van der Waals surface area (Å²) in [6, 6.07) is 18.6. The Morgan fingerprint density at radius 2 is 1.63 bits per heavy atom. The van der Waals surface area contributed by atoms with Gasteiger partial charge in [-0.2, -0.15) is 0 Å². The molecular formula is C17H16N2. The van der Waals surface area contributed by atoms with E-state index in [0.29, 0.717) is 0 Å². The standard InChI is InChI=1S/C17H16N2/c1-12-10-13(2)18-17-9-8-15(11-16(12)17)19-14-6-4-3-5-7-14/h3-11,19H,1-2H3. The SMILES string of the molecule is Cc1cc(C)c2cc(Nc3ccccc3)ccc2n1. The molecule has 1 aromatic heterocycles. The van der Waals surface area contributed by atoms with Crippen LogP contribution < -0.4 is 5.32 Å². The summed E-state index contributed by atoms with van der Waals surface area (Å²) in [6.45, 7) is 4.16. The number of fused-ring (bicyclic) bond motifs is 1. The Bertz CT molecular complexity index is 718. The van der Waals surface area contributed by atoms with Crippen LogP contribution in [-0.4, -0.2) is 4.98 Å². The maximum Gasteiger partial charge on any atom is 0.0709 e. The third-order valence-corrected chi connectivity index (χ3v) is 3.21. The first kappa shape index (κ1) is 11.7. The predicted molar refractivity (Wildman–Crippen MR) is 80.9 cm³/mol. The molecule has 0 atom stereocenters. The van der Waals surface area contributed by atoms with Crippen LogP contribution in [0, 0.1) is 13.8 Å². The molecule has 2 heteroatoms. The third-order valence-electron chi connectivity index (χ3n) is 3.21. The maximum atomic E-state index is 4.56. The fourth-order valence-electron chi connectivity index (χ4n) is 2.33. The predicted octanol–water partition coefficient (Wildman–Crippen LogP) is 4.60. The molecule has 94 valence electrons. The van der Waals surface area contributed by atoms with Gasteiger partial charge in [-0.1, -0.05) is 18.2 Å². The molecule has 0 bridgehead atoms. The summed E-state index contributed by atoms with van der Waals surface area (Å²) in [5.41, 5.74) is 5.57. The highest BCUT2D eigenvalue weighted by Gasteiger charge is 2.02. The van der Waals surface area contributed by atoms with Gasteiger partial charge < -0.3 is 5.32 Å². The van der Waals surface area contributed by atoms with Crippen molar-refractivity contribution < 1.29 is 0 Å². The van der Waals surface area contributed by atoms with Crippen molar-refractivity contribution in [2.45, 2.75) is 13.8 Å². The maximum absolute atomic E-state index is 4.56. The molecule has 0 aliphatic heterocycles. The van der Waals surface area contributed by atoms with Gasteiger partial charge in [0.2, 0.25) is 0 Å². The van der Waals surface area contributed by atoms with Crippen molar-refractivity contribution in [3.05, 3.63) is 65.9 Å². The lowest BCUT2D eigenvalue weighted by molar-refractivity contribution is 1.23. The molecule has 0 amide bonds. The van der Waals surface area contributed by atoms with Crippen LogP contribution in [0.15, 0.2) is 54.6 Å².